The van der Waals surface area contributed by atoms with E-state index in [2.05, 4.69) is 32.8 Å². The molecule has 0 atom stereocenters. The summed E-state index contributed by atoms with van der Waals surface area (Å²) in [7, 11) is 0. The third kappa shape index (κ3) is 4.36. The van der Waals surface area contributed by atoms with Crippen LogP contribution in [0.25, 0.3) is 0 Å². The van der Waals surface area contributed by atoms with Crippen molar-refractivity contribution in [1.82, 2.24) is 14.9 Å². The first kappa shape index (κ1) is 18.9. The highest BCUT2D eigenvalue weighted by Gasteiger charge is 2.24. The van der Waals surface area contributed by atoms with E-state index in [1.807, 2.05) is 40.1 Å². The number of hydrogen-bond acceptors (Lipinski definition) is 7. The molecule has 0 spiro atoms. The first-order chi connectivity index (χ1) is 14.2. The summed E-state index contributed by atoms with van der Waals surface area (Å²) < 4.78 is 0. The fourth-order valence-electron chi connectivity index (χ4n) is 3.31. The van der Waals surface area contributed by atoms with Gasteiger partial charge in [0.2, 0.25) is 0 Å². The summed E-state index contributed by atoms with van der Waals surface area (Å²) in [5, 5.41) is 14.6. The minimum Gasteiger partial charge on any atom is -0.380 e. The van der Waals surface area contributed by atoms with Crippen molar-refractivity contribution in [2.24, 2.45) is 0 Å². The Kier molecular flexibility index (Phi) is 5.68. The molecule has 8 heteroatoms. The van der Waals surface area contributed by atoms with Crippen molar-refractivity contribution in [3.05, 3.63) is 70.3 Å². The number of amides is 1. The topological polar surface area (TPSA) is 85.2 Å². The van der Waals surface area contributed by atoms with Gasteiger partial charge < -0.3 is 15.1 Å². The number of hydrogen-bond donors (Lipinski definition) is 1. The zero-order valence-electron chi connectivity index (χ0n) is 15.8. The van der Waals surface area contributed by atoms with Gasteiger partial charge in [0.05, 0.1) is 0 Å². The minimum atomic E-state index is 0.0177. The smallest absolute Gasteiger partial charge is 0.254 e. The number of nitrogens with zero attached hydrogens (tertiary/aromatic N) is 5. The van der Waals surface area contributed by atoms with Gasteiger partial charge >= 0.3 is 0 Å². The van der Waals surface area contributed by atoms with E-state index in [1.165, 1.54) is 11.1 Å². The standard InChI is InChI=1S/C21H20N6OS/c22-14-19-20(24-7-6-23-19)26-8-10-27(11-9-26)21(28)16-3-1-4-17(13-16)25-15-18-5-2-12-29-18/h1-7,12-13,25H,8-11,15H2. The maximum absolute atomic E-state index is 13.0. The molecule has 1 saturated heterocycles. The fraction of sp³-hybridized carbons (Fsp3) is 0.238. The van der Waals surface area contributed by atoms with Gasteiger partial charge in [-0.3, -0.25) is 4.79 Å². The van der Waals surface area contributed by atoms with Crippen molar-refractivity contribution in [2.75, 3.05) is 36.4 Å². The molecule has 1 amide bonds. The summed E-state index contributed by atoms with van der Waals surface area (Å²) in [5.74, 6) is 0.603. The van der Waals surface area contributed by atoms with Crippen LogP contribution < -0.4 is 10.2 Å². The lowest BCUT2D eigenvalue weighted by Gasteiger charge is -2.35. The van der Waals surface area contributed by atoms with Gasteiger partial charge in [0.25, 0.3) is 5.91 Å². The van der Waals surface area contributed by atoms with E-state index < -0.39 is 0 Å². The van der Waals surface area contributed by atoms with Gasteiger partial charge in [-0.1, -0.05) is 12.1 Å². The maximum Gasteiger partial charge on any atom is 0.254 e. The molecule has 3 heterocycles. The minimum absolute atomic E-state index is 0.0177. The molecule has 3 aromatic rings. The van der Waals surface area contributed by atoms with Crippen LogP contribution in [-0.2, 0) is 6.54 Å². The van der Waals surface area contributed by atoms with Crippen molar-refractivity contribution < 1.29 is 4.79 Å². The molecule has 146 valence electrons. The van der Waals surface area contributed by atoms with E-state index in [1.54, 1.807) is 17.5 Å². The monoisotopic (exact) mass is 404 g/mol. The Hall–Kier alpha value is -3.44. The first-order valence-corrected chi connectivity index (χ1v) is 10.2. The average molecular weight is 404 g/mol. The van der Waals surface area contributed by atoms with Gasteiger partial charge in [0, 0.05) is 61.2 Å². The second-order valence-electron chi connectivity index (χ2n) is 6.63. The number of aromatic nitrogens is 2. The van der Waals surface area contributed by atoms with Crippen molar-refractivity contribution >= 4 is 28.7 Å². The highest BCUT2D eigenvalue weighted by atomic mass is 32.1. The van der Waals surface area contributed by atoms with Crippen molar-refractivity contribution in [3.63, 3.8) is 0 Å². The number of carbonyl (C=O) groups is 1. The fourth-order valence-corrected chi connectivity index (χ4v) is 3.95. The van der Waals surface area contributed by atoms with Gasteiger partial charge in [-0.05, 0) is 29.6 Å². The summed E-state index contributed by atoms with van der Waals surface area (Å²) in [6.45, 7) is 3.14. The number of benzene rings is 1. The molecule has 0 unspecified atom stereocenters. The Morgan fingerprint density at radius 2 is 1.97 bits per heavy atom. The number of thiophene rings is 1. The lowest BCUT2D eigenvalue weighted by atomic mass is 10.1. The van der Waals surface area contributed by atoms with E-state index >= 15 is 0 Å². The molecule has 1 aliphatic rings. The second kappa shape index (κ2) is 8.71. The molecule has 0 bridgehead atoms. The Bertz CT molecular complexity index is 1020. The molecule has 1 aliphatic heterocycles. The highest BCUT2D eigenvalue weighted by molar-refractivity contribution is 7.09. The van der Waals surface area contributed by atoms with Crippen LogP contribution in [0.5, 0.6) is 0 Å². The van der Waals surface area contributed by atoms with Gasteiger partial charge in [0.1, 0.15) is 6.07 Å². The molecular weight excluding hydrogens is 384 g/mol. The highest BCUT2D eigenvalue weighted by Crippen LogP contribution is 2.19. The number of piperazine rings is 1. The molecule has 2 aromatic heterocycles. The number of nitrogens with one attached hydrogen (secondary N) is 1. The van der Waals surface area contributed by atoms with E-state index in [0.717, 1.165) is 12.2 Å². The van der Waals surface area contributed by atoms with Crippen molar-refractivity contribution in [2.45, 2.75) is 6.54 Å². The third-order valence-corrected chi connectivity index (χ3v) is 5.68. The van der Waals surface area contributed by atoms with Crippen LogP contribution in [0.4, 0.5) is 11.5 Å². The van der Waals surface area contributed by atoms with Crippen LogP contribution in [0.1, 0.15) is 20.9 Å². The molecule has 4 rings (SSSR count). The Labute approximate surface area is 173 Å². The summed E-state index contributed by atoms with van der Waals surface area (Å²) in [5.41, 5.74) is 1.92. The van der Waals surface area contributed by atoms with Gasteiger partial charge in [-0.15, -0.1) is 11.3 Å². The summed E-state index contributed by atoms with van der Waals surface area (Å²) in [6.07, 6.45) is 3.10. The Morgan fingerprint density at radius 1 is 1.14 bits per heavy atom. The lowest BCUT2D eigenvalue weighted by Crippen LogP contribution is -2.49. The Balaban J connectivity index is 1.38. The van der Waals surface area contributed by atoms with E-state index in [0.29, 0.717) is 43.3 Å². The quantitative estimate of drug-likeness (QED) is 0.704. The van der Waals surface area contributed by atoms with Crippen molar-refractivity contribution in [3.8, 4) is 6.07 Å². The lowest BCUT2D eigenvalue weighted by molar-refractivity contribution is 0.0746. The SMILES string of the molecule is N#Cc1nccnc1N1CCN(C(=O)c2cccc(NCc3cccs3)c2)CC1. The number of anilines is 2. The zero-order chi connectivity index (χ0) is 20.1. The molecule has 29 heavy (non-hydrogen) atoms. The first-order valence-electron chi connectivity index (χ1n) is 9.36. The second-order valence-corrected chi connectivity index (χ2v) is 7.67. The van der Waals surface area contributed by atoms with E-state index in [-0.39, 0.29) is 5.91 Å². The number of carbonyl (C=O) groups excluding carboxylic acids is 1. The molecule has 1 fully saturated rings. The largest absolute Gasteiger partial charge is 0.380 e. The number of rotatable bonds is 5. The predicted octanol–water partition coefficient (Wildman–Crippen LogP) is 2.98. The summed E-state index contributed by atoms with van der Waals surface area (Å²) in [4.78, 5) is 26.4. The molecule has 7 nitrogen and oxygen atoms in total. The maximum atomic E-state index is 13.0. The van der Waals surface area contributed by atoms with Crippen LogP contribution in [0.2, 0.25) is 0 Å². The van der Waals surface area contributed by atoms with Crippen LogP contribution in [0.15, 0.2) is 54.2 Å². The molecular formula is C21H20N6OS. The summed E-state index contributed by atoms with van der Waals surface area (Å²) in [6, 6.07) is 13.8. The van der Waals surface area contributed by atoms with Crippen LogP contribution in [0.3, 0.4) is 0 Å². The van der Waals surface area contributed by atoms with Crippen LogP contribution in [-0.4, -0.2) is 47.0 Å². The average Bonchev–Trinajstić information content (AvgIpc) is 3.31. The zero-order valence-corrected chi connectivity index (χ0v) is 16.6. The van der Waals surface area contributed by atoms with E-state index in [4.69, 9.17) is 0 Å². The van der Waals surface area contributed by atoms with Crippen LogP contribution >= 0.6 is 11.3 Å². The molecule has 0 aliphatic carbocycles. The normalized spacial score (nSPS) is 13.8. The van der Waals surface area contributed by atoms with Crippen LogP contribution in [0, 0.1) is 11.3 Å². The van der Waals surface area contributed by atoms with E-state index in [9.17, 15) is 10.1 Å². The van der Waals surface area contributed by atoms with Gasteiger partial charge in [-0.25, -0.2) is 9.97 Å². The summed E-state index contributed by atoms with van der Waals surface area (Å²) >= 11 is 1.70. The van der Waals surface area contributed by atoms with Gasteiger partial charge in [0.15, 0.2) is 11.5 Å². The third-order valence-electron chi connectivity index (χ3n) is 4.81. The predicted molar refractivity (Wildman–Crippen MR) is 113 cm³/mol. The molecule has 0 radical (unpaired) electrons. The number of nitriles is 1. The Morgan fingerprint density at radius 3 is 2.72 bits per heavy atom. The molecule has 1 aromatic carbocycles. The molecule has 0 saturated carbocycles. The van der Waals surface area contributed by atoms with Gasteiger partial charge in [-0.2, -0.15) is 5.26 Å². The van der Waals surface area contributed by atoms with Crippen molar-refractivity contribution in [1.29, 1.82) is 5.26 Å². The molecule has 1 N–H and O–H groups in total.